The lowest BCUT2D eigenvalue weighted by molar-refractivity contribution is 0.102. The third-order valence-corrected chi connectivity index (χ3v) is 5.51. The Balaban J connectivity index is 1.30. The molecule has 0 saturated heterocycles. The van der Waals surface area contributed by atoms with Crippen molar-refractivity contribution >= 4 is 11.6 Å². The zero-order chi connectivity index (χ0) is 22.6. The molecular weight excluding hydrogens is 416 g/mol. The second-order valence-electron chi connectivity index (χ2n) is 7.89. The number of ether oxygens (including phenoxy) is 2. The average molecular weight is 438 g/mol. The van der Waals surface area contributed by atoms with Gasteiger partial charge in [0, 0.05) is 29.8 Å². The molecule has 0 unspecified atom stereocenters. The number of benzene rings is 2. The monoisotopic (exact) mass is 438 g/mol. The third-order valence-electron chi connectivity index (χ3n) is 5.51. The Morgan fingerprint density at radius 1 is 1.00 bits per heavy atom. The van der Waals surface area contributed by atoms with Crippen molar-refractivity contribution < 1.29 is 14.3 Å². The number of amides is 1. The van der Waals surface area contributed by atoms with E-state index < -0.39 is 0 Å². The van der Waals surface area contributed by atoms with Gasteiger partial charge in [0.05, 0.1) is 23.1 Å². The summed E-state index contributed by atoms with van der Waals surface area (Å²) in [4.78, 5) is 25.6. The normalized spacial score (nSPS) is 12.9. The van der Waals surface area contributed by atoms with Crippen LogP contribution in [0.25, 0.3) is 11.3 Å². The van der Waals surface area contributed by atoms with Gasteiger partial charge >= 0.3 is 0 Å². The average Bonchev–Trinajstić information content (AvgIpc) is 3.33. The summed E-state index contributed by atoms with van der Waals surface area (Å²) in [6.07, 6.45) is 7.45. The zero-order valence-corrected chi connectivity index (χ0v) is 18.1. The van der Waals surface area contributed by atoms with Crippen LogP contribution in [-0.2, 0) is 6.42 Å². The SMILES string of the molecule is C[C@H](Cc1cncc(-c2ccc3c(c2)OCO3)n1)c1cccc(NC(=O)c2cccnc2)c1. The standard InChI is InChI=1S/C26H22N4O3/c1-17(18-4-2-6-21(11-18)30-26(31)20-5-3-9-27-13-20)10-22-14-28-15-23(29-22)19-7-8-24-25(12-19)33-16-32-24/h2-9,11-15,17H,10,16H2,1H3,(H,30,31)/t17-/m1/s1. The smallest absolute Gasteiger partial charge is 0.257 e. The highest BCUT2D eigenvalue weighted by Crippen LogP contribution is 2.35. The van der Waals surface area contributed by atoms with Crippen LogP contribution in [0, 0.1) is 0 Å². The van der Waals surface area contributed by atoms with Crippen molar-refractivity contribution in [1.82, 2.24) is 15.0 Å². The summed E-state index contributed by atoms with van der Waals surface area (Å²) in [5.41, 5.74) is 4.98. The van der Waals surface area contributed by atoms with Crippen molar-refractivity contribution in [3.63, 3.8) is 0 Å². The van der Waals surface area contributed by atoms with Gasteiger partial charge in [-0.05, 0) is 60.4 Å². The fraction of sp³-hybridized carbons (Fsp3) is 0.154. The Kier molecular flexibility index (Phi) is 5.68. The van der Waals surface area contributed by atoms with Crippen molar-refractivity contribution in [3.05, 3.63) is 96.2 Å². The zero-order valence-electron chi connectivity index (χ0n) is 18.1. The topological polar surface area (TPSA) is 86.2 Å². The first-order valence-electron chi connectivity index (χ1n) is 10.7. The van der Waals surface area contributed by atoms with Gasteiger partial charge in [-0.2, -0.15) is 0 Å². The van der Waals surface area contributed by atoms with E-state index >= 15 is 0 Å². The van der Waals surface area contributed by atoms with E-state index in [2.05, 4.69) is 28.3 Å². The van der Waals surface area contributed by atoms with Gasteiger partial charge in [-0.25, -0.2) is 4.98 Å². The Morgan fingerprint density at radius 2 is 1.91 bits per heavy atom. The molecule has 1 amide bonds. The number of anilines is 1. The van der Waals surface area contributed by atoms with Crippen LogP contribution in [0.2, 0.25) is 0 Å². The minimum Gasteiger partial charge on any atom is -0.454 e. The molecule has 0 spiro atoms. The summed E-state index contributed by atoms with van der Waals surface area (Å²) >= 11 is 0. The highest BCUT2D eigenvalue weighted by atomic mass is 16.7. The molecule has 164 valence electrons. The van der Waals surface area contributed by atoms with E-state index in [1.54, 1.807) is 36.9 Å². The maximum Gasteiger partial charge on any atom is 0.257 e. The van der Waals surface area contributed by atoms with E-state index in [0.29, 0.717) is 12.0 Å². The van der Waals surface area contributed by atoms with Crippen LogP contribution in [0.1, 0.15) is 34.5 Å². The number of hydrogen-bond donors (Lipinski definition) is 1. The number of pyridine rings is 1. The van der Waals surface area contributed by atoms with Gasteiger partial charge in [-0.15, -0.1) is 0 Å². The number of nitrogens with zero attached hydrogens (tertiary/aromatic N) is 3. The Hall–Kier alpha value is -4.26. The van der Waals surface area contributed by atoms with Crippen molar-refractivity contribution in [2.75, 3.05) is 12.1 Å². The molecule has 0 aliphatic carbocycles. The van der Waals surface area contributed by atoms with Crippen molar-refractivity contribution in [3.8, 4) is 22.8 Å². The fourth-order valence-electron chi connectivity index (χ4n) is 3.75. The molecule has 1 atom stereocenters. The third kappa shape index (κ3) is 4.67. The molecule has 0 radical (unpaired) electrons. The number of rotatable bonds is 6. The van der Waals surface area contributed by atoms with Crippen LogP contribution in [0.15, 0.2) is 79.4 Å². The second kappa shape index (κ2) is 9.08. The quantitative estimate of drug-likeness (QED) is 0.462. The molecule has 4 aromatic rings. The summed E-state index contributed by atoms with van der Waals surface area (Å²) < 4.78 is 10.9. The molecule has 1 aliphatic rings. The summed E-state index contributed by atoms with van der Waals surface area (Å²) in [6, 6.07) is 17.1. The van der Waals surface area contributed by atoms with Gasteiger partial charge < -0.3 is 14.8 Å². The van der Waals surface area contributed by atoms with Gasteiger partial charge in [-0.3, -0.25) is 14.8 Å². The Morgan fingerprint density at radius 3 is 2.79 bits per heavy atom. The predicted octanol–water partition coefficient (Wildman–Crippen LogP) is 4.87. The summed E-state index contributed by atoms with van der Waals surface area (Å²) in [5, 5.41) is 2.94. The molecule has 33 heavy (non-hydrogen) atoms. The molecule has 2 aromatic heterocycles. The predicted molar refractivity (Wildman–Crippen MR) is 124 cm³/mol. The molecule has 1 aliphatic heterocycles. The first-order valence-corrected chi connectivity index (χ1v) is 10.7. The summed E-state index contributed by atoms with van der Waals surface area (Å²) in [6.45, 7) is 2.38. The Bertz CT molecular complexity index is 1290. The van der Waals surface area contributed by atoms with E-state index in [-0.39, 0.29) is 18.6 Å². The molecule has 5 rings (SSSR count). The lowest BCUT2D eigenvalue weighted by Gasteiger charge is -2.14. The first kappa shape index (κ1) is 20.6. The highest BCUT2D eigenvalue weighted by Gasteiger charge is 2.16. The van der Waals surface area contributed by atoms with Gasteiger partial charge in [0.25, 0.3) is 5.91 Å². The van der Waals surface area contributed by atoms with E-state index in [1.165, 1.54) is 0 Å². The van der Waals surface area contributed by atoms with Crippen molar-refractivity contribution in [1.29, 1.82) is 0 Å². The number of aromatic nitrogens is 3. The lowest BCUT2D eigenvalue weighted by Crippen LogP contribution is -2.12. The number of nitrogens with one attached hydrogen (secondary N) is 1. The first-order chi connectivity index (χ1) is 16.2. The summed E-state index contributed by atoms with van der Waals surface area (Å²) in [5.74, 6) is 1.46. The summed E-state index contributed by atoms with van der Waals surface area (Å²) in [7, 11) is 0. The molecule has 1 N–H and O–H groups in total. The molecule has 7 nitrogen and oxygen atoms in total. The van der Waals surface area contributed by atoms with Gasteiger partial charge in [0.1, 0.15) is 0 Å². The largest absolute Gasteiger partial charge is 0.454 e. The number of carbonyl (C=O) groups excluding carboxylic acids is 1. The maximum atomic E-state index is 12.4. The number of fused-ring (bicyclic) bond motifs is 1. The molecule has 0 saturated carbocycles. The number of carbonyl (C=O) groups is 1. The van der Waals surface area contributed by atoms with E-state index in [1.807, 2.05) is 36.4 Å². The molecular formula is C26H22N4O3. The molecule has 3 heterocycles. The molecule has 0 fully saturated rings. The van der Waals surface area contributed by atoms with Gasteiger partial charge in [0.15, 0.2) is 11.5 Å². The fourth-order valence-corrected chi connectivity index (χ4v) is 3.75. The van der Waals surface area contributed by atoms with Crippen LogP contribution in [0.4, 0.5) is 5.69 Å². The lowest BCUT2D eigenvalue weighted by atomic mass is 9.96. The Labute approximate surface area is 191 Å². The molecule has 7 heteroatoms. The van der Waals surface area contributed by atoms with Gasteiger partial charge in [-0.1, -0.05) is 19.1 Å². The van der Waals surface area contributed by atoms with Crippen LogP contribution < -0.4 is 14.8 Å². The van der Waals surface area contributed by atoms with E-state index in [0.717, 1.165) is 39.7 Å². The highest BCUT2D eigenvalue weighted by molar-refractivity contribution is 6.04. The van der Waals surface area contributed by atoms with E-state index in [4.69, 9.17) is 14.5 Å². The van der Waals surface area contributed by atoms with Gasteiger partial charge in [0.2, 0.25) is 6.79 Å². The van der Waals surface area contributed by atoms with E-state index in [9.17, 15) is 4.79 Å². The number of hydrogen-bond acceptors (Lipinski definition) is 6. The minimum absolute atomic E-state index is 0.182. The van der Waals surface area contributed by atoms with Crippen molar-refractivity contribution in [2.24, 2.45) is 0 Å². The molecule has 2 aromatic carbocycles. The van der Waals surface area contributed by atoms with Crippen LogP contribution in [0.3, 0.4) is 0 Å². The maximum absolute atomic E-state index is 12.4. The molecule has 0 bridgehead atoms. The van der Waals surface area contributed by atoms with Crippen LogP contribution in [-0.4, -0.2) is 27.7 Å². The van der Waals surface area contributed by atoms with Crippen molar-refractivity contribution in [2.45, 2.75) is 19.3 Å². The second-order valence-corrected chi connectivity index (χ2v) is 7.89. The minimum atomic E-state index is -0.185. The van der Waals surface area contributed by atoms with Crippen LogP contribution >= 0.6 is 0 Å². The van der Waals surface area contributed by atoms with Crippen LogP contribution in [0.5, 0.6) is 11.5 Å².